The summed E-state index contributed by atoms with van der Waals surface area (Å²) in [5.74, 6) is 0.928. The number of likely N-dealkylation sites (N-methyl/N-ethyl adjacent to an activating group) is 1. The lowest BCUT2D eigenvalue weighted by atomic mass is 10.1. The molecule has 1 aromatic carbocycles. The van der Waals surface area contributed by atoms with Crippen LogP contribution in [0.15, 0.2) is 23.2 Å². The maximum atomic E-state index is 12.3. The molecular weight excluding hydrogens is 397 g/mol. The van der Waals surface area contributed by atoms with Crippen molar-refractivity contribution in [3.8, 4) is 0 Å². The first-order valence-electron chi connectivity index (χ1n) is 9.70. The Balaban J connectivity index is 1.79. The van der Waals surface area contributed by atoms with Crippen LogP contribution in [0, 0.1) is 0 Å². The van der Waals surface area contributed by atoms with Crippen LogP contribution >= 0.6 is 23.2 Å². The smallest absolute Gasteiger partial charge is 0.239 e. The van der Waals surface area contributed by atoms with E-state index in [1.807, 2.05) is 33.2 Å². The summed E-state index contributed by atoms with van der Waals surface area (Å²) >= 11 is 12.3. The van der Waals surface area contributed by atoms with Gasteiger partial charge in [-0.25, -0.2) is 0 Å². The average Bonchev–Trinajstić information content (AvgIpc) is 3.11. The molecule has 0 aliphatic carbocycles. The van der Waals surface area contributed by atoms with Gasteiger partial charge in [0.05, 0.1) is 12.1 Å². The van der Waals surface area contributed by atoms with Crippen LogP contribution in [-0.4, -0.2) is 68.5 Å². The monoisotopic (exact) mass is 427 g/mol. The minimum Gasteiger partial charge on any atom is -0.356 e. The standard InChI is InChI=1S/C20H31Cl2N5O/c1-14(16-9-8-15(21)13-17(16)22)25-20(23-2)24-10-6-12-27-11-5-7-18(27)19(28)26(3)4/h8-9,13-14,18H,5-7,10-12H2,1-4H3,(H2,23,24,25). The van der Waals surface area contributed by atoms with Gasteiger partial charge >= 0.3 is 0 Å². The van der Waals surface area contributed by atoms with Crippen molar-refractivity contribution in [1.29, 1.82) is 0 Å². The van der Waals surface area contributed by atoms with E-state index in [0.29, 0.717) is 10.0 Å². The highest BCUT2D eigenvalue weighted by Gasteiger charge is 2.30. The summed E-state index contributed by atoms with van der Waals surface area (Å²) in [6.45, 7) is 4.69. The summed E-state index contributed by atoms with van der Waals surface area (Å²) in [6.07, 6.45) is 2.97. The predicted octanol–water partition coefficient (Wildman–Crippen LogP) is 3.16. The third-order valence-corrected chi connectivity index (χ3v) is 5.57. The summed E-state index contributed by atoms with van der Waals surface area (Å²) < 4.78 is 0. The van der Waals surface area contributed by atoms with Gasteiger partial charge in [-0.1, -0.05) is 29.3 Å². The summed E-state index contributed by atoms with van der Waals surface area (Å²) in [6, 6.07) is 5.52. The highest BCUT2D eigenvalue weighted by Crippen LogP contribution is 2.26. The normalized spacial score (nSPS) is 18.8. The molecule has 0 radical (unpaired) electrons. The highest BCUT2D eigenvalue weighted by molar-refractivity contribution is 6.35. The average molecular weight is 428 g/mol. The zero-order chi connectivity index (χ0) is 20.7. The molecule has 2 atom stereocenters. The maximum absolute atomic E-state index is 12.3. The molecule has 2 N–H and O–H groups in total. The molecule has 0 saturated carbocycles. The first-order chi connectivity index (χ1) is 13.3. The molecule has 8 heteroatoms. The number of amides is 1. The van der Waals surface area contributed by atoms with Gasteiger partial charge in [-0.15, -0.1) is 0 Å². The van der Waals surface area contributed by atoms with Crippen LogP contribution in [0.25, 0.3) is 0 Å². The number of aliphatic imine (C=N–C) groups is 1. The number of carbonyl (C=O) groups is 1. The molecular formula is C20H31Cl2N5O. The number of rotatable bonds is 7. The molecule has 2 rings (SSSR count). The maximum Gasteiger partial charge on any atom is 0.239 e. The summed E-state index contributed by atoms with van der Waals surface area (Å²) in [4.78, 5) is 20.5. The largest absolute Gasteiger partial charge is 0.356 e. The molecule has 1 amide bonds. The lowest BCUT2D eigenvalue weighted by Crippen LogP contribution is -2.44. The molecule has 6 nitrogen and oxygen atoms in total. The Morgan fingerprint density at radius 1 is 1.39 bits per heavy atom. The number of hydrogen-bond donors (Lipinski definition) is 2. The third-order valence-electron chi connectivity index (χ3n) is 5.01. The molecule has 1 aliphatic heterocycles. The first-order valence-corrected chi connectivity index (χ1v) is 10.5. The van der Waals surface area contributed by atoms with Crippen LogP contribution in [0.5, 0.6) is 0 Å². The molecule has 0 spiro atoms. The summed E-state index contributed by atoms with van der Waals surface area (Å²) in [7, 11) is 5.39. The first kappa shape index (κ1) is 22.8. The third kappa shape index (κ3) is 6.26. The lowest BCUT2D eigenvalue weighted by Gasteiger charge is -2.26. The van der Waals surface area contributed by atoms with Crippen LogP contribution in [0.4, 0.5) is 0 Å². The van der Waals surface area contributed by atoms with Crippen molar-refractivity contribution >= 4 is 35.1 Å². The number of halogens is 2. The molecule has 1 aromatic rings. The Bertz CT molecular complexity index is 695. The van der Waals surface area contributed by atoms with Crippen molar-refractivity contribution in [2.45, 2.75) is 38.3 Å². The predicted molar refractivity (Wildman–Crippen MR) is 117 cm³/mol. The number of hydrogen-bond acceptors (Lipinski definition) is 3. The molecule has 2 unspecified atom stereocenters. The second-order valence-corrected chi connectivity index (χ2v) is 8.15. The van der Waals surface area contributed by atoms with E-state index in [1.165, 1.54) is 0 Å². The number of benzene rings is 1. The number of carbonyl (C=O) groups excluding carboxylic acids is 1. The van der Waals surface area contributed by atoms with E-state index in [9.17, 15) is 4.79 Å². The van der Waals surface area contributed by atoms with Gasteiger partial charge in [-0.3, -0.25) is 14.7 Å². The Hall–Kier alpha value is -1.50. The van der Waals surface area contributed by atoms with E-state index in [1.54, 1.807) is 18.0 Å². The van der Waals surface area contributed by atoms with Crippen molar-refractivity contribution in [1.82, 2.24) is 20.4 Å². The van der Waals surface area contributed by atoms with Gasteiger partial charge in [0.25, 0.3) is 0 Å². The minimum atomic E-state index is -0.00311. The molecule has 1 heterocycles. The van der Waals surface area contributed by atoms with E-state index < -0.39 is 0 Å². The fourth-order valence-electron chi connectivity index (χ4n) is 3.49. The van der Waals surface area contributed by atoms with Crippen LogP contribution in [0.3, 0.4) is 0 Å². The van der Waals surface area contributed by atoms with Gasteiger partial charge in [0.15, 0.2) is 5.96 Å². The molecule has 0 aromatic heterocycles. The van der Waals surface area contributed by atoms with Crippen molar-refractivity contribution in [2.24, 2.45) is 4.99 Å². The highest BCUT2D eigenvalue weighted by atomic mass is 35.5. The van der Waals surface area contributed by atoms with Crippen LogP contribution in [0.1, 0.15) is 37.8 Å². The Kier molecular flexibility index (Phi) is 8.86. The molecule has 156 valence electrons. The number of nitrogens with zero attached hydrogens (tertiary/aromatic N) is 3. The van der Waals surface area contributed by atoms with E-state index in [-0.39, 0.29) is 18.0 Å². The van der Waals surface area contributed by atoms with Crippen LogP contribution < -0.4 is 10.6 Å². The van der Waals surface area contributed by atoms with Gasteiger partial charge in [-0.2, -0.15) is 0 Å². The fourth-order valence-corrected chi connectivity index (χ4v) is 4.06. The fraction of sp³-hybridized carbons (Fsp3) is 0.600. The number of guanidine groups is 1. The summed E-state index contributed by atoms with van der Waals surface area (Å²) in [5.41, 5.74) is 0.969. The lowest BCUT2D eigenvalue weighted by molar-refractivity contribution is -0.133. The van der Waals surface area contributed by atoms with Crippen LogP contribution in [-0.2, 0) is 4.79 Å². The van der Waals surface area contributed by atoms with Crippen molar-refractivity contribution < 1.29 is 4.79 Å². The zero-order valence-electron chi connectivity index (χ0n) is 17.1. The zero-order valence-corrected chi connectivity index (χ0v) is 18.6. The van der Waals surface area contributed by atoms with Gasteiger partial charge in [0, 0.05) is 44.3 Å². The second kappa shape index (κ2) is 10.9. The van der Waals surface area contributed by atoms with E-state index in [2.05, 4.69) is 20.5 Å². The van der Waals surface area contributed by atoms with Gasteiger partial charge in [0.1, 0.15) is 0 Å². The van der Waals surface area contributed by atoms with E-state index >= 15 is 0 Å². The molecule has 28 heavy (non-hydrogen) atoms. The second-order valence-electron chi connectivity index (χ2n) is 7.31. The van der Waals surface area contributed by atoms with Crippen molar-refractivity contribution in [3.63, 3.8) is 0 Å². The van der Waals surface area contributed by atoms with Gasteiger partial charge < -0.3 is 15.5 Å². The number of likely N-dealkylation sites (tertiary alicyclic amines) is 1. The Morgan fingerprint density at radius 2 is 2.14 bits per heavy atom. The molecule has 0 bridgehead atoms. The molecule has 1 fully saturated rings. The topological polar surface area (TPSA) is 60.0 Å². The van der Waals surface area contributed by atoms with Gasteiger partial charge in [0.2, 0.25) is 5.91 Å². The van der Waals surface area contributed by atoms with E-state index in [4.69, 9.17) is 23.2 Å². The summed E-state index contributed by atoms with van der Waals surface area (Å²) in [5, 5.41) is 7.94. The van der Waals surface area contributed by atoms with Crippen molar-refractivity contribution in [3.05, 3.63) is 33.8 Å². The van der Waals surface area contributed by atoms with Crippen LogP contribution in [0.2, 0.25) is 10.0 Å². The van der Waals surface area contributed by atoms with Crippen molar-refractivity contribution in [2.75, 3.05) is 40.8 Å². The Labute approximate surface area is 178 Å². The number of nitrogens with one attached hydrogen (secondary N) is 2. The quantitative estimate of drug-likeness (QED) is 0.398. The molecule has 1 saturated heterocycles. The Morgan fingerprint density at radius 3 is 2.79 bits per heavy atom. The van der Waals surface area contributed by atoms with Gasteiger partial charge in [-0.05, 0) is 50.4 Å². The molecule has 1 aliphatic rings. The SMILES string of the molecule is CN=C(NCCCN1CCCC1C(=O)N(C)C)NC(C)c1ccc(Cl)cc1Cl. The van der Waals surface area contributed by atoms with E-state index in [0.717, 1.165) is 50.4 Å². The minimum absolute atomic E-state index is 0.00311.